The van der Waals surface area contributed by atoms with Gasteiger partial charge in [0.2, 0.25) is 14.2 Å². The predicted molar refractivity (Wildman–Crippen MR) is 79.9 cm³/mol. The number of aryl methyl sites for hydroxylation is 1. The van der Waals surface area contributed by atoms with Gasteiger partial charge in [-0.1, -0.05) is 19.6 Å². The van der Waals surface area contributed by atoms with Crippen LogP contribution >= 0.6 is 11.2 Å². The molecule has 1 aromatic heterocycles. The van der Waals surface area contributed by atoms with Crippen LogP contribution < -0.4 is 4.43 Å². The molecule has 0 atom stereocenters. The molecule has 1 aromatic rings. The van der Waals surface area contributed by atoms with E-state index in [2.05, 4.69) is 49.3 Å². The van der Waals surface area contributed by atoms with E-state index in [0.29, 0.717) is 0 Å². The zero-order valence-corrected chi connectivity index (χ0v) is 14.6. The zero-order chi connectivity index (χ0) is 13.3. The molecule has 17 heavy (non-hydrogen) atoms. The molecule has 96 valence electrons. The first-order chi connectivity index (χ1) is 7.55. The molecule has 0 radical (unpaired) electrons. The lowest BCUT2D eigenvalue weighted by Gasteiger charge is -2.20. The molecule has 6 heteroatoms. The van der Waals surface area contributed by atoms with Gasteiger partial charge in [0, 0.05) is 11.8 Å². The smallest absolute Gasteiger partial charge is 0.244 e. The highest BCUT2D eigenvalue weighted by Gasteiger charge is 2.20. The van der Waals surface area contributed by atoms with E-state index in [1.54, 1.807) is 0 Å². The Balaban J connectivity index is 2.95. The van der Waals surface area contributed by atoms with Gasteiger partial charge in [-0.3, -0.25) is 0 Å². The normalized spacial score (nSPS) is 12.6. The van der Waals surface area contributed by atoms with Crippen molar-refractivity contribution in [2.75, 3.05) is 0 Å². The first-order valence-corrected chi connectivity index (χ1v) is 14.2. The minimum Gasteiger partial charge on any atom is -0.531 e. The third-order valence-electron chi connectivity index (χ3n) is 1.62. The van der Waals surface area contributed by atoms with Gasteiger partial charge in [0.05, 0.1) is 0 Å². The highest BCUT2D eigenvalue weighted by molar-refractivity contribution is 8.28. The van der Waals surface area contributed by atoms with Crippen LogP contribution in [0.25, 0.3) is 0 Å². The largest absolute Gasteiger partial charge is 0.531 e. The van der Waals surface area contributed by atoms with Crippen LogP contribution in [0.15, 0.2) is 11.2 Å². The van der Waals surface area contributed by atoms with Crippen molar-refractivity contribution in [2.45, 2.75) is 51.4 Å². The highest BCUT2D eigenvalue weighted by Crippen LogP contribution is 2.28. The molecule has 1 heterocycles. The van der Waals surface area contributed by atoms with Gasteiger partial charge in [-0.2, -0.15) is 4.98 Å². The van der Waals surface area contributed by atoms with Gasteiger partial charge in [-0.15, -0.1) is 11.2 Å². The van der Waals surface area contributed by atoms with E-state index in [1.165, 1.54) is 0 Å². The second-order valence-electron chi connectivity index (χ2n) is 6.06. The van der Waals surface area contributed by atoms with Crippen LogP contribution in [0, 0.1) is 6.92 Å². The van der Waals surface area contributed by atoms with E-state index < -0.39 is 15.5 Å². The van der Waals surface area contributed by atoms with Crippen molar-refractivity contribution in [2.24, 2.45) is 0 Å². The fourth-order valence-corrected chi connectivity index (χ4v) is 4.72. The van der Waals surface area contributed by atoms with Gasteiger partial charge in [0.25, 0.3) is 0 Å². The summed E-state index contributed by atoms with van der Waals surface area (Å²) in [5.41, 5.74) is 0.981. The van der Waals surface area contributed by atoms with Crippen molar-refractivity contribution in [3.63, 3.8) is 0 Å². The summed E-state index contributed by atoms with van der Waals surface area (Å²) in [6.07, 6.45) is 0. The van der Waals surface area contributed by atoms with Gasteiger partial charge in [-0.05, 0) is 26.6 Å². The summed E-state index contributed by atoms with van der Waals surface area (Å²) in [5, 5.41) is 0.859. The number of nitrogens with zero attached hydrogens (tertiary/aromatic N) is 2. The van der Waals surface area contributed by atoms with Crippen LogP contribution in [-0.2, 0) is 0 Å². The van der Waals surface area contributed by atoms with Crippen molar-refractivity contribution in [3.05, 3.63) is 11.8 Å². The van der Waals surface area contributed by atoms with Gasteiger partial charge >= 0.3 is 0 Å². The van der Waals surface area contributed by atoms with Crippen molar-refractivity contribution in [1.82, 2.24) is 9.97 Å². The topological polar surface area (TPSA) is 35.0 Å². The van der Waals surface area contributed by atoms with Gasteiger partial charge in [-0.25, -0.2) is 4.98 Å². The first kappa shape index (κ1) is 14.7. The first-order valence-electron chi connectivity index (χ1n) is 5.79. The summed E-state index contributed by atoms with van der Waals surface area (Å²) in [6.45, 7) is 15.4. The van der Waals surface area contributed by atoms with Crippen molar-refractivity contribution >= 4 is 26.8 Å². The summed E-state index contributed by atoms with van der Waals surface area (Å²) in [5.74, 6) is 0.734. The Labute approximate surface area is 110 Å². The molecule has 0 N–H and O–H groups in total. The molecular formula is C11H22N2OSSi2. The minimum absolute atomic E-state index is 0.734. The van der Waals surface area contributed by atoms with E-state index in [1.807, 2.05) is 24.2 Å². The molecule has 0 saturated carbocycles. The fourth-order valence-electron chi connectivity index (χ4n) is 1.20. The monoisotopic (exact) mass is 286 g/mol. The van der Waals surface area contributed by atoms with E-state index in [-0.39, 0.29) is 0 Å². The lowest BCUT2D eigenvalue weighted by molar-refractivity contribution is 0.522. The Kier molecular flexibility index (Phi) is 4.43. The van der Waals surface area contributed by atoms with E-state index >= 15 is 0 Å². The molecule has 0 amide bonds. The summed E-state index contributed by atoms with van der Waals surface area (Å²) in [7, 11) is -2.85. The third kappa shape index (κ3) is 6.23. The van der Waals surface area contributed by atoms with Crippen molar-refractivity contribution in [3.8, 4) is 5.88 Å². The van der Waals surface area contributed by atoms with Gasteiger partial charge in [0.1, 0.15) is 7.22 Å². The summed E-state index contributed by atoms with van der Waals surface area (Å²) in [4.78, 5) is 8.97. The summed E-state index contributed by atoms with van der Waals surface area (Å²) < 4.78 is 5.93. The quantitative estimate of drug-likeness (QED) is 0.620. The van der Waals surface area contributed by atoms with Crippen LogP contribution in [0.5, 0.6) is 5.88 Å². The minimum atomic E-state index is -1.59. The highest BCUT2D eigenvalue weighted by atomic mass is 32.4. The molecule has 0 aromatic carbocycles. The second-order valence-corrected chi connectivity index (χ2v) is 19.6. The Bertz CT molecular complexity index is 365. The molecule has 0 bridgehead atoms. The average molecular weight is 287 g/mol. The lowest BCUT2D eigenvalue weighted by Crippen LogP contribution is -2.30. The van der Waals surface area contributed by atoms with Crippen LogP contribution in [0.3, 0.4) is 0 Å². The van der Waals surface area contributed by atoms with E-state index in [4.69, 9.17) is 4.43 Å². The molecule has 0 aliphatic carbocycles. The number of hydrogen-bond acceptors (Lipinski definition) is 4. The lowest BCUT2D eigenvalue weighted by atomic mass is 10.4. The maximum absolute atomic E-state index is 5.93. The molecule has 0 spiro atoms. The molecule has 3 nitrogen and oxygen atoms in total. The third-order valence-corrected chi connectivity index (χ3v) is 5.80. The van der Waals surface area contributed by atoms with Crippen LogP contribution in [0.1, 0.15) is 5.69 Å². The summed E-state index contributed by atoms with van der Waals surface area (Å²) in [6, 6.07) is 1.92. The molecule has 0 aliphatic rings. The molecule has 0 aliphatic heterocycles. The fraction of sp³-hybridized carbons (Fsp3) is 0.636. The average Bonchev–Trinajstić information content (AvgIpc) is 1.93. The number of hydrogen-bond donors (Lipinski definition) is 0. The predicted octanol–water partition coefficient (Wildman–Crippen LogP) is 3.93. The van der Waals surface area contributed by atoms with Crippen LogP contribution in [-0.4, -0.2) is 25.5 Å². The maximum Gasteiger partial charge on any atom is 0.244 e. The Hall–Kier alpha value is -0.336. The molecule has 0 fully saturated rings. The molecular weight excluding hydrogens is 264 g/mol. The molecule has 0 unspecified atom stereocenters. The Morgan fingerprint density at radius 3 is 2.12 bits per heavy atom. The maximum atomic E-state index is 5.93. The van der Waals surface area contributed by atoms with E-state index in [9.17, 15) is 0 Å². The standard InChI is InChI=1S/C11H22N2OSSi2/c1-9-8-10(14-16(2,3)4)13-11(12-9)15-17(5,6)7/h8H,1-7H3. The van der Waals surface area contributed by atoms with E-state index in [0.717, 1.165) is 16.7 Å². The summed E-state index contributed by atoms with van der Waals surface area (Å²) >= 11 is 1.81. The van der Waals surface area contributed by atoms with Gasteiger partial charge < -0.3 is 4.43 Å². The molecule has 1 rings (SSSR count). The van der Waals surface area contributed by atoms with Gasteiger partial charge in [0.15, 0.2) is 5.16 Å². The van der Waals surface area contributed by atoms with Crippen LogP contribution in [0.4, 0.5) is 0 Å². The van der Waals surface area contributed by atoms with Crippen LogP contribution in [0.2, 0.25) is 39.3 Å². The Morgan fingerprint density at radius 1 is 1.06 bits per heavy atom. The zero-order valence-electron chi connectivity index (χ0n) is 11.8. The Morgan fingerprint density at radius 2 is 1.65 bits per heavy atom. The van der Waals surface area contributed by atoms with Crippen molar-refractivity contribution < 1.29 is 4.43 Å². The number of aromatic nitrogens is 2. The SMILES string of the molecule is Cc1cc(O[Si](C)(C)C)nc(S[Si](C)(C)C)n1. The second kappa shape index (κ2) is 5.11. The molecule has 0 saturated heterocycles. The number of rotatable bonds is 4. The van der Waals surface area contributed by atoms with Crippen molar-refractivity contribution in [1.29, 1.82) is 0 Å².